The number of hydrogen-bond donors (Lipinski definition) is 0. The van der Waals surface area contributed by atoms with E-state index in [2.05, 4.69) is 15.0 Å². The summed E-state index contributed by atoms with van der Waals surface area (Å²) in [6.45, 7) is -0.00140. The minimum atomic E-state index is -0.463. The standard InChI is InChI=1S/C25H16F2N4O3/c26-17-4-1-3-16(9-17)14-33-31(19-6-2-5-18(27)10-19)25-21-11-22(24-8-7-20(13-32)34-24)28-12-23(21)29-15-30-25/h1-13,15H,14H2. The van der Waals surface area contributed by atoms with Crippen molar-refractivity contribution in [1.29, 1.82) is 0 Å². The lowest BCUT2D eigenvalue weighted by atomic mass is 10.2. The zero-order valence-electron chi connectivity index (χ0n) is 17.6. The third kappa shape index (κ3) is 4.37. The molecule has 0 spiro atoms. The van der Waals surface area contributed by atoms with Gasteiger partial charge in [-0.1, -0.05) is 18.2 Å². The summed E-state index contributed by atoms with van der Waals surface area (Å²) < 4.78 is 33.2. The van der Waals surface area contributed by atoms with Crippen molar-refractivity contribution in [2.24, 2.45) is 0 Å². The summed E-state index contributed by atoms with van der Waals surface area (Å²) in [5, 5.41) is 1.90. The fourth-order valence-electron chi connectivity index (χ4n) is 3.42. The summed E-state index contributed by atoms with van der Waals surface area (Å²) in [6.07, 6.45) is 3.48. The van der Waals surface area contributed by atoms with Crippen molar-refractivity contribution in [3.63, 3.8) is 0 Å². The van der Waals surface area contributed by atoms with Gasteiger partial charge in [0.05, 0.1) is 17.4 Å². The van der Waals surface area contributed by atoms with Crippen LogP contribution in [-0.4, -0.2) is 21.2 Å². The summed E-state index contributed by atoms with van der Waals surface area (Å²) in [7, 11) is 0. The van der Waals surface area contributed by atoms with Gasteiger partial charge in [-0.05, 0) is 48.0 Å². The normalized spacial score (nSPS) is 11.0. The Balaban J connectivity index is 1.60. The minimum absolute atomic E-state index is 0.00140. The number of pyridine rings is 1. The Morgan fingerprint density at radius 3 is 2.53 bits per heavy atom. The first-order valence-corrected chi connectivity index (χ1v) is 10.2. The molecule has 3 aromatic heterocycles. The van der Waals surface area contributed by atoms with Gasteiger partial charge in [0, 0.05) is 11.5 Å². The van der Waals surface area contributed by atoms with Crippen LogP contribution in [0.4, 0.5) is 20.3 Å². The molecule has 0 fully saturated rings. The molecule has 9 heteroatoms. The second-order valence-corrected chi connectivity index (χ2v) is 7.28. The molecule has 0 unspecified atom stereocenters. The van der Waals surface area contributed by atoms with Gasteiger partial charge < -0.3 is 4.42 Å². The Hall–Kier alpha value is -4.50. The van der Waals surface area contributed by atoms with E-state index in [1.807, 2.05) is 0 Å². The summed E-state index contributed by atoms with van der Waals surface area (Å²) in [5.74, 6) is 0.0140. The smallest absolute Gasteiger partial charge is 0.185 e. The highest BCUT2D eigenvalue weighted by Crippen LogP contribution is 2.33. The summed E-state index contributed by atoms with van der Waals surface area (Å²) in [6, 6.07) is 16.7. The highest BCUT2D eigenvalue weighted by molar-refractivity contribution is 5.92. The highest BCUT2D eigenvalue weighted by atomic mass is 19.1. The number of aldehydes is 1. The highest BCUT2D eigenvalue weighted by Gasteiger charge is 2.19. The van der Waals surface area contributed by atoms with Crippen LogP contribution >= 0.6 is 0 Å². The van der Waals surface area contributed by atoms with Crippen molar-refractivity contribution in [3.05, 3.63) is 102 Å². The Morgan fingerprint density at radius 1 is 0.941 bits per heavy atom. The molecule has 0 amide bonds. The van der Waals surface area contributed by atoms with Crippen molar-refractivity contribution < 1.29 is 22.8 Å². The predicted molar refractivity (Wildman–Crippen MR) is 120 cm³/mol. The minimum Gasteiger partial charge on any atom is -0.452 e. The lowest BCUT2D eigenvalue weighted by Gasteiger charge is -2.24. The quantitative estimate of drug-likeness (QED) is 0.230. The van der Waals surface area contributed by atoms with Gasteiger partial charge in [0.15, 0.2) is 23.6 Å². The molecular formula is C25H16F2N4O3. The molecule has 0 aliphatic carbocycles. The Kier molecular flexibility index (Phi) is 5.75. The molecule has 3 heterocycles. The maximum Gasteiger partial charge on any atom is 0.185 e. The van der Waals surface area contributed by atoms with E-state index in [-0.39, 0.29) is 12.4 Å². The van der Waals surface area contributed by atoms with Crippen LogP contribution in [0.3, 0.4) is 0 Å². The van der Waals surface area contributed by atoms with Crippen LogP contribution < -0.4 is 5.06 Å². The van der Waals surface area contributed by atoms with E-state index in [9.17, 15) is 13.6 Å². The number of carbonyl (C=O) groups excluding carboxylic acids is 1. The monoisotopic (exact) mass is 458 g/mol. The zero-order chi connectivity index (χ0) is 23.5. The summed E-state index contributed by atoms with van der Waals surface area (Å²) >= 11 is 0. The molecule has 0 aliphatic heterocycles. The fraction of sp³-hybridized carbons (Fsp3) is 0.0400. The molecule has 0 saturated heterocycles. The van der Waals surface area contributed by atoms with E-state index in [1.165, 1.54) is 47.9 Å². The molecular weight excluding hydrogens is 442 g/mol. The summed E-state index contributed by atoms with van der Waals surface area (Å²) in [5.41, 5.74) is 1.91. The van der Waals surface area contributed by atoms with Gasteiger partial charge in [0.25, 0.3) is 0 Å². The number of furan rings is 1. The van der Waals surface area contributed by atoms with E-state index < -0.39 is 11.6 Å². The van der Waals surface area contributed by atoms with Crippen LogP contribution in [0.25, 0.3) is 22.4 Å². The molecule has 0 N–H and O–H groups in total. The van der Waals surface area contributed by atoms with Crippen LogP contribution in [0.5, 0.6) is 0 Å². The van der Waals surface area contributed by atoms with Gasteiger partial charge in [0.1, 0.15) is 30.3 Å². The molecule has 0 bridgehead atoms. The maximum atomic E-state index is 14.1. The average molecular weight is 458 g/mol. The SMILES string of the molecule is O=Cc1ccc(-c2cc3c(N(OCc4cccc(F)c4)c4cccc(F)c4)ncnc3cn2)o1. The number of benzene rings is 2. The van der Waals surface area contributed by atoms with E-state index in [0.717, 1.165) is 0 Å². The van der Waals surface area contributed by atoms with Gasteiger partial charge >= 0.3 is 0 Å². The number of aromatic nitrogens is 3. The number of carbonyl (C=O) groups is 1. The van der Waals surface area contributed by atoms with Crippen LogP contribution in [0.1, 0.15) is 16.1 Å². The number of rotatable bonds is 7. The predicted octanol–water partition coefficient (Wildman–Crippen LogP) is 5.65. The zero-order valence-corrected chi connectivity index (χ0v) is 17.6. The lowest BCUT2D eigenvalue weighted by Crippen LogP contribution is -2.19. The fourth-order valence-corrected chi connectivity index (χ4v) is 3.42. The van der Waals surface area contributed by atoms with Gasteiger partial charge in [0.2, 0.25) is 0 Å². The van der Waals surface area contributed by atoms with Crippen molar-refractivity contribution in [2.75, 3.05) is 5.06 Å². The Bertz CT molecular complexity index is 1490. The molecule has 0 atom stereocenters. The van der Waals surface area contributed by atoms with Gasteiger partial charge in [-0.25, -0.2) is 23.8 Å². The van der Waals surface area contributed by atoms with Crippen LogP contribution in [0.2, 0.25) is 0 Å². The molecule has 0 radical (unpaired) electrons. The molecule has 168 valence electrons. The second kappa shape index (κ2) is 9.16. The van der Waals surface area contributed by atoms with Crippen molar-refractivity contribution in [2.45, 2.75) is 6.61 Å². The Labute approximate surface area is 192 Å². The third-order valence-corrected chi connectivity index (χ3v) is 4.98. The number of nitrogens with zero attached hydrogens (tertiary/aromatic N) is 4. The largest absolute Gasteiger partial charge is 0.452 e. The first-order chi connectivity index (χ1) is 16.6. The molecule has 0 aliphatic rings. The first kappa shape index (κ1) is 21.4. The van der Waals surface area contributed by atoms with Gasteiger partial charge in [-0.3, -0.25) is 14.6 Å². The second-order valence-electron chi connectivity index (χ2n) is 7.28. The van der Waals surface area contributed by atoms with Crippen LogP contribution in [-0.2, 0) is 11.4 Å². The van der Waals surface area contributed by atoms with E-state index in [0.29, 0.717) is 45.7 Å². The number of anilines is 2. The first-order valence-electron chi connectivity index (χ1n) is 10.2. The molecule has 34 heavy (non-hydrogen) atoms. The number of halogens is 2. The van der Waals surface area contributed by atoms with Crippen LogP contribution in [0, 0.1) is 11.6 Å². The van der Waals surface area contributed by atoms with E-state index in [1.54, 1.807) is 36.4 Å². The van der Waals surface area contributed by atoms with Gasteiger partial charge in [-0.15, -0.1) is 0 Å². The summed E-state index contributed by atoms with van der Waals surface area (Å²) in [4.78, 5) is 30.0. The lowest BCUT2D eigenvalue weighted by molar-refractivity contribution is 0.110. The van der Waals surface area contributed by atoms with E-state index >= 15 is 0 Å². The van der Waals surface area contributed by atoms with E-state index in [4.69, 9.17) is 9.25 Å². The average Bonchev–Trinajstić information content (AvgIpc) is 3.34. The molecule has 2 aromatic carbocycles. The number of hydrogen-bond acceptors (Lipinski definition) is 7. The number of fused-ring (bicyclic) bond motifs is 1. The molecule has 0 saturated carbocycles. The third-order valence-electron chi connectivity index (χ3n) is 4.98. The van der Waals surface area contributed by atoms with Crippen molar-refractivity contribution in [1.82, 2.24) is 15.0 Å². The van der Waals surface area contributed by atoms with Crippen molar-refractivity contribution in [3.8, 4) is 11.5 Å². The van der Waals surface area contributed by atoms with Gasteiger partial charge in [-0.2, -0.15) is 0 Å². The Morgan fingerprint density at radius 2 is 1.76 bits per heavy atom. The molecule has 7 nitrogen and oxygen atoms in total. The van der Waals surface area contributed by atoms with Crippen molar-refractivity contribution >= 4 is 28.7 Å². The topological polar surface area (TPSA) is 81.4 Å². The maximum absolute atomic E-state index is 14.1. The molecule has 5 aromatic rings. The molecule has 5 rings (SSSR count). The van der Waals surface area contributed by atoms with Crippen LogP contribution in [0.15, 0.2) is 83.7 Å².